The van der Waals surface area contributed by atoms with Crippen molar-refractivity contribution < 1.29 is 9.59 Å². The summed E-state index contributed by atoms with van der Waals surface area (Å²) in [5, 5.41) is 11.6. The van der Waals surface area contributed by atoms with Crippen molar-refractivity contribution >= 4 is 44.5 Å². The number of hydrogen-bond donors (Lipinski definition) is 2. The zero-order chi connectivity index (χ0) is 39.4. The van der Waals surface area contributed by atoms with Gasteiger partial charge in [-0.1, -0.05) is 156 Å². The summed E-state index contributed by atoms with van der Waals surface area (Å²) in [6, 6.07) is 25.3. The van der Waals surface area contributed by atoms with Crippen LogP contribution in [0, 0.1) is 21.7 Å². The molecule has 54 heavy (non-hydrogen) atoms. The largest absolute Gasteiger partial charge is 0.360 e. The lowest BCUT2D eigenvalue weighted by Gasteiger charge is -2.30. The first-order valence-corrected chi connectivity index (χ1v) is 19.1. The maximum absolute atomic E-state index is 14.0. The Bertz CT molecular complexity index is 2210. The van der Waals surface area contributed by atoms with E-state index in [-0.39, 0.29) is 33.2 Å². The Morgan fingerprint density at radius 2 is 0.778 bits per heavy atom. The Kier molecular flexibility index (Phi) is 9.90. The van der Waals surface area contributed by atoms with E-state index in [4.69, 9.17) is 0 Å². The van der Waals surface area contributed by atoms with E-state index in [1.165, 1.54) is 0 Å². The molecular formula is C50H56N2O2. The summed E-state index contributed by atoms with van der Waals surface area (Å²) in [5.41, 5.74) is 8.01. The second-order valence-corrected chi connectivity index (χ2v) is 18.9. The second kappa shape index (κ2) is 13.9. The van der Waals surface area contributed by atoms with Crippen molar-refractivity contribution in [3.8, 4) is 11.1 Å². The molecule has 0 aromatic heterocycles. The van der Waals surface area contributed by atoms with Crippen LogP contribution in [0.5, 0.6) is 0 Å². The molecule has 4 aromatic carbocycles. The third-order valence-corrected chi connectivity index (χ3v) is 10.5. The van der Waals surface area contributed by atoms with E-state index in [9.17, 15) is 9.59 Å². The highest BCUT2D eigenvalue weighted by molar-refractivity contribution is 6.16. The fourth-order valence-corrected chi connectivity index (χ4v) is 7.13. The fraction of sp³-hybridized carbons (Fsp3) is 0.320. The highest BCUT2D eigenvalue weighted by Crippen LogP contribution is 2.45. The highest BCUT2D eigenvalue weighted by Gasteiger charge is 2.33. The summed E-state index contributed by atoms with van der Waals surface area (Å²) in [4.78, 5) is 28.0. The highest BCUT2D eigenvalue weighted by atomic mass is 16.1. The van der Waals surface area contributed by atoms with Gasteiger partial charge < -0.3 is 10.6 Å². The predicted octanol–water partition coefficient (Wildman–Crippen LogP) is 13.3. The fourth-order valence-electron chi connectivity index (χ4n) is 7.13. The number of hydrogen-bond acceptors (Lipinski definition) is 4. The van der Waals surface area contributed by atoms with Gasteiger partial charge in [-0.3, -0.25) is 9.59 Å². The van der Waals surface area contributed by atoms with Crippen molar-refractivity contribution in [2.24, 2.45) is 21.7 Å². The maximum atomic E-state index is 14.0. The van der Waals surface area contributed by atoms with Crippen molar-refractivity contribution in [1.29, 1.82) is 0 Å². The lowest BCUT2D eigenvalue weighted by Crippen LogP contribution is -2.24. The van der Waals surface area contributed by atoms with Gasteiger partial charge in [0, 0.05) is 57.2 Å². The third kappa shape index (κ3) is 7.71. The van der Waals surface area contributed by atoms with E-state index >= 15 is 0 Å². The number of Topliss-reactive ketones (excluding diaryl/α,β-unsaturated/α-hetero) is 2. The molecule has 2 aliphatic carbocycles. The third-order valence-electron chi connectivity index (χ3n) is 10.5. The first kappa shape index (κ1) is 38.5. The van der Waals surface area contributed by atoms with E-state index in [0.29, 0.717) is 11.1 Å². The molecule has 0 aliphatic heterocycles. The monoisotopic (exact) mass is 716 g/mol. The minimum Gasteiger partial charge on any atom is -0.360 e. The van der Waals surface area contributed by atoms with Crippen LogP contribution in [0.2, 0.25) is 0 Å². The number of carbonyl (C=O) groups excluding carboxylic acids is 2. The van der Waals surface area contributed by atoms with Gasteiger partial charge in [-0.15, -0.1) is 0 Å². The standard InChI is InChI=1S/C50H56N2O2/c1-47(2,3)35-25-33(45(53)39(27-35)49(7,8)9)29-51-41-23-21-31-17-13-15-19-37(31)43(41)44-38-20-16-14-18-32(38)22-24-42(44)52-30-34-26-36(48(4,5)6)28-40(46(34)54)50(10,11)12/h13-30,51-52H,1-12H3/b33-29-,34-30-. The summed E-state index contributed by atoms with van der Waals surface area (Å²) in [5.74, 6) is 0.0703. The van der Waals surface area contributed by atoms with Gasteiger partial charge in [-0.25, -0.2) is 0 Å². The summed E-state index contributed by atoms with van der Waals surface area (Å²) in [7, 11) is 0. The molecule has 0 saturated heterocycles. The Morgan fingerprint density at radius 1 is 0.426 bits per heavy atom. The molecule has 0 atom stereocenters. The molecule has 2 aliphatic rings. The number of allylic oxidation sites excluding steroid dienone is 10. The molecule has 4 aromatic rings. The minimum atomic E-state index is -0.306. The van der Waals surface area contributed by atoms with Gasteiger partial charge in [-0.05, 0) is 78.6 Å². The van der Waals surface area contributed by atoms with Crippen molar-refractivity contribution in [2.75, 3.05) is 10.6 Å². The average Bonchev–Trinajstić information content (AvgIpc) is 3.08. The SMILES string of the molecule is CC(C)(C)C1=C/C(=C/Nc2ccc3ccccc3c2-c2c(N/C=C3/C=C(C(C)(C)C)C=C(C(C)(C)C)C3=O)ccc3ccccc23)C(=O)C(C(C)(C)C)=C1. The van der Waals surface area contributed by atoms with Crippen LogP contribution in [-0.2, 0) is 9.59 Å². The van der Waals surface area contributed by atoms with E-state index in [1.54, 1.807) is 0 Å². The van der Waals surface area contributed by atoms with Crippen molar-refractivity contribution in [2.45, 2.75) is 83.1 Å². The molecule has 0 saturated carbocycles. The molecule has 0 fully saturated rings. The van der Waals surface area contributed by atoms with Gasteiger partial charge >= 0.3 is 0 Å². The van der Waals surface area contributed by atoms with E-state index in [1.807, 2.05) is 24.6 Å². The van der Waals surface area contributed by atoms with E-state index in [0.717, 1.165) is 66.3 Å². The summed E-state index contributed by atoms with van der Waals surface area (Å²) in [6.07, 6.45) is 12.0. The molecule has 4 heteroatoms. The quantitative estimate of drug-likeness (QED) is 0.202. The van der Waals surface area contributed by atoms with Crippen molar-refractivity contribution in [3.63, 3.8) is 0 Å². The Balaban J connectivity index is 1.54. The molecule has 0 amide bonds. The molecule has 4 nitrogen and oxygen atoms in total. The van der Waals surface area contributed by atoms with Gasteiger partial charge in [0.1, 0.15) is 0 Å². The van der Waals surface area contributed by atoms with Crippen molar-refractivity contribution in [1.82, 2.24) is 0 Å². The number of carbonyl (C=O) groups is 2. The smallest absolute Gasteiger partial charge is 0.191 e. The Hall–Kier alpha value is -5.22. The topological polar surface area (TPSA) is 58.2 Å². The lowest BCUT2D eigenvalue weighted by molar-refractivity contribution is -0.113. The molecular weight excluding hydrogens is 661 g/mol. The van der Waals surface area contributed by atoms with Gasteiger partial charge in [0.05, 0.1) is 0 Å². The number of fused-ring (bicyclic) bond motifs is 2. The molecule has 2 N–H and O–H groups in total. The van der Waals surface area contributed by atoms with Crippen molar-refractivity contribution in [3.05, 3.63) is 143 Å². The lowest BCUT2D eigenvalue weighted by atomic mass is 9.73. The average molecular weight is 717 g/mol. The number of ketones is 2. The van der Waals surface area contributed by atoms with Crippen LogP contribution in [0.3, 0.4) is 0 Å². The van der Waals surface area contributed by atoms with Crippen LogP contribution in [0.15, 0.2) is 143 Å². The Morgan fingerprint density at radius 3 is 1.11 bits per heavy atom. The predicted molar refractivity (Wildman–Crippen MR) is 230 cm³/mol. The zero-order valence-corrected chi connectivity index (χ0v) is 34.2. The Labute approximate surface area is 322 Å². The summed E-state index contributed by atoms with van der Waals surface area (Å²) in [6.45, 7) is 25.7. The zero-order valence-electron chi connectivity index (χ0n) is 34.2. The van der Waals surface area contributed by atoms with Crippen LogP contribution in [0.25, 0.3) is 32.7 Å². The van der Waals surface area contributed by atoms with Crippen LogP contribution in [0.1, 0.15) is 83.1 Å². The van der Waals surface area contributed by atoms with Gasteiger partial charge in [-0.2, -0.15) is 0 Å². The molecule has 0 spiro atoms. The first-order chi connectivity index (χ1) is 25.1. The maximum Gasteiger partial charge on any atom is 0.191 e. The molecule has 0 bridgehead atoms. The van der Waals surface area contributed by atoms with Gasteiger partial charge in [0.2, 0.25) is 0 Å². The van der Waals surface area contributed by atoms with Crippen LogP contribution < -0.4 is 10.6 Å². The van der Waals surface area contributed by atoms with E-state index in [2.05, 4.69) is 179 Å². The second-order valence-electron chi connectivity index (χ2n) is 18.9. The molecule has 0 radical (unpaired) electrons. The van der Waals surface area contributed by atoms with Gasteiger partial charge in [0.15, 0.2) is 11.6 Å². The number of anilines is 2. The summed E-state index contributed by atoms with van der Waals surface area (Å²) < 4.78 is 0. The molecule has 0 heterocycles. The molecule has 278 valence electrons. The van der Waals surface area contributed by atoms with Crippen LogP contribution in [0.4, 0.5) is 11.4 Å². The minimum absolute atomic E-state index is 0.0352. The molecule has 6 rings (SSSR count). The number of rotatable bonds is 5. The summed E-state index contributed by atoms with van der Waals surface area (Å²) >= 11 is 0. The number of nitrogens with one attached hydrogen (secondary N) is 2. The van der Waals surface area contributed by atoms with Crippen LogP contribution >= 0.6 is 0 Å². The van der Waals surface area contributed by atoms with Gasteiger partial charge in [0.25, 0.3) is 0 Å². The number of benzene rings is 4. The van der Waals surface area contributed by atoms with Crippen LogP contribution in [-0.4, -0.2) is 11.6 Å². The molecule has 0 unspecified atom stereocenters. The normalized spacial score (nSPS) is 17.5. The first-order valence-electron chi connectivity index (χ1n) is 19.1. The van der Waals surface area contributed by atoms with E-state index < -0.39 is 0 Å².